The third-order valence-corrected chi connectivity index (χ3v) is 5.45. The van der Waals surface area contributed by atoms with Crippen molar-refractivity contribution < 1.29 is 18.0 Å². The summed E-state index contributed by atoms with van der Waals surface area (Å²) in [5, 5.41) is 8.79. The molecule has 5 nitrogen and oxygen atoms in total. The van der Waals surface area contributed by atoms with E-state index >= 15 is 0 Å². The van der Waals surface area contributed by atoms with Gasteiger partial charge in [0.15, 0.2) is 0 Å². The fourth-order valence-electron chi connectivity index (χ4n) is 3.87. The summed E-state index contributed by atoms with van der Waals surface area (Å²) in [6, 6.07) is 21.3. The Hall–Kier alpha value is -3.96. The number of amides is 1. The zero-order valence-electron chi connectivity index (χ0n) is 18.4. The Morgan fingerprint density at radius 2 is 1.79 bits per heavy atom. The number of para-hydroxylation sites is 1. The molecule has 172 valence electrons. The summed E-state index contributed by atoms with van der Waals surface area (Å²) in [4.78, 5) is 21.3. The van der Waals surface area contributed by atoms with Crippen LogP contribution in [0.3, 0.4) is 0 Å². The lowest BCUT2D eigenvalue weighted by Gasteiger charge is -2.20. The molecule has 8 heteroatoms. The minimum absolute atomic E-state index is 0.0581. The molecule has 0 aromatic heterocycles. The first kappa shape index (κ1) is 23.2. The minimum Gasteiger partial charge on any atom is -0.301 e. The first-order valence-corrected chi connectivity index (χ1v) is 10.6. The number of carbonyl (C=O) groups excluding carboxylic acids is 1. The largest absolute Gasteiger partial charge is 0.416 e. The lowest BCUT2D eigenvalue weighted by Crippen LogP contribution is -2.25. The number of alkyl halides is 3. The Balaban J connectivity index is 1.70. The number of nitriles is 1. The van der Waals surface area contributed by atoms with E-state index < -0.39 is 17.6 Å². The number of aliphatic imine (C=N–C) groups is 1. The van der Waals surface area contributed by atoms with Gasteiger partial charge in [0.25, 0.3) is 5.91 Å². The summed E-state index contributed by atoms with van der Waals surface area (Å²) in [5.74, 6) is -0.409. The van der Waals surface area contributed by atoms with Crippen LogP contribution in [-0.4, -0.2) is 30.1 Å². The Morgan fingerprint density at radius 1 is 1.03 bits per heavy atom. The number of benzene rings is 3. The van der Waals surface area contributed by atoms with Crippen LogP contribution in [0.2, 0.25) is 0 Å². The number of hydrogen-bond donors (Lipinski definition) is 0. The summed E-state index contributed by atoms with van der Waals surface area (Å²) in [6.07, 6.45) is -4.08. The van der Waals surface area contributed by atoms with Gasteiger partial charge in [-0.2, -0.15) is 18.4 Å². The Bertz CT molecular complexity index is 1290. The fourth-order valence-corrected chi connectivity index (χ4v) is 3.87. The molecule has 1 heterocycles. The highest BCUT2D eigenvalue weighted by molar-refractivity contribution is 6.56. The molecule has 0 spiro atoms. The molecule has 3 aromatic rings. The number of carbonyl (C=O) groups is 1. The van der Waals surface area contributed by atoms with Crippen molar-refractivity contribution in [2.24, 2.45) is 4.99 Å². The van der Waals surface area contributed by atoms with E-state index in [1.54, 1.807) is 30.3 Å². The van der Waals surface area contributed by atoms with Crippen molar-refractivity contribution >= 4 is 28.7 Å². The van der Waals surface area contributed by atoms with Gasteiger partial charge >= 0.3 is 6.18 Å². The Labute approximate surface area is 195 Å². The maximum atomic E-state index is 13.5. The van der Waals surface area contributed by atoms with Gasteiger partial charge in [-0.1, -0.05) is 36.4 Å². The van der Waals surface area contributed by atoms with E-state index in [9.17, 15) is 18.0 Å². The van der Waals surface area contributed by atoms with Crippen LogP contribution in [0.25, 0.3) is 0 Å². The first-order valence-electron chi connectivity index (χ1n) is 10.6. The first-order chi connectivity index (χ1) is 16.3. The molecular formula is C26H21F3N4O. The predicted molar refractivity (Wildman–Crippen MR) is 124 cm³/mol. The van der Waals surface area contributed by atoms with Crippen molar-refractivity contribution in [3.63, 3.8) is 0 Å². The standard InChI is InChI=1S/C26H21F3N4O/c1-32(14-6-13-30)17-18-7-4-10-21(15-18)33-23-12-3-2-11-22(23)24(25(33)34)31-20-9-5-8-19(16-20)26(27,28)29/h2-5,7-12,15-16H,6,14,17H2,1H3. The molecule has 0 radical (unpaired) electrons. The highest BCUT2D eigenvalue weighted by Gasteiger charge is 2.35. The van der Waals surface area contributed by atoms with Crippen molar-refractivity contribution in [3.05, 3.63) is 89.5 Å². The second kappa shape index (κ2) is 9.49. The lowest BCUT2D eigenvalue weighted by atomic mass is 10.1. The van der Waals surface area contributed by atoms with E-state index in [1.807, 2.05) is 30.1 Å². The van der Waals surface area contributed by atoms with Crippen molar-refractivity contribution in [3.8, 4) is 6.07 Å². The van der Waals surface area contributed by atoms with Crippen molar-refractivity contribution in [1.82, 2.24) is 4.90 Å². The normalized spacial score (nSPS) is 14.5. The highest BCUT2D eigenvalue weighted by atomic mass is 19.4. The molecule has 34 heavy (non-hydrogen) atoms. The zero-order chi connectivity index (χ0) is 24.3. The van der Waals surface area contributed by atoms with E-state index in [4.69, 9.17) is 5.26 Å². The summed E-state index contributed by atoms with van der Waals surface area (Å²) in [7, 11) is 1.92. The smallest absolute Gasteiger partial charge is 0.301 e. The second-order valence-electron chi connectivity index (χ2n) is 7.98. The monoisotopic (exact) mass is 462 g/mol. The highest BCUT2D eigenvalue weighted by Crippen LogP contribution is 2.37. The number of nitrogens with zero attached hydrogens (tertiary/aromatic N) is 4. The van der Waals surface area contributed by atoms with Gasteiger partial charge in [-0.25, -0.2) is 4.99 Å². The van der Waals surface area contributed by atoms with E-state index in [2.05, 4.69) is 11.1 Å². The van der Waals surface area contributed by atoms with Crippen LogP contribution in [0.1, 0.15) is 23.1 Å². The summed E-state index contributed by atoms with van der Waals surface area (Å²) in [5.41, 5.74) is 2.10. The van der Waals surface area contributed by atoms with Crippen LogP contribution in [-0.2, 0) is 17.5 Å². The van der Waals surface area contributed by atoms with Gasteiger partial charge in [0, 0.05) is 30.8 Å². The Morgan fingerprint density at radius 3 is 2.56 bits per heavy atom. The number of anilines is 2. The summed E-state index contributed by atoms with van der Waals surface area (Å²) >= 11 is 0. The van der Waals surface area contributed by atoms with E-state index in [0.29, 0.717) is 36.4 Å². The lowest BCUT2D eigenvalue weighted by molar-refractivity contribution is -0.137. The fraction of sp³-hybridized carbons (Fsp3) is 0.192. The van der Waals surface area contributed by atoms with Crippen LogP contribution in [0.15, 0.2) is 77.8 Å². The predicted octanol–water partition coefficient (Wildman–Crippen LogP) is 5.85. The van der Waals surface area contributed by atoms with E-state index in [-0.39, 0.29) is 11.4 Å². The van der Waals surface area contributed by atoms with E-state index in [1.165, 1.54) is 17.0 Å². The SMILES string of the molecule is CN(CCC#N)Cc1cccc(N2C(=O)C(=Nc3cccc(C(F)(F)F)c3)c3ccccc32)c1. The second-order valence-corrected chi connectivity index (χ2v) is 7.98. The molecule has 4 rings (SSSR count). The molecule has 3 aromatic carbocycles. The topological polar surface area (TPSA) is 59.7 Å². The number of fused-ring (bicyclic) bond motifs is 1. The van der Waals surface area contributed by atoms with Gasteiger partial charge in [0.1, 0.15) is 5.71 Å². The van der Waals surface area contributed by atoms with Crippen molar-refractivity contribution in [1.29, 1.82) is 5.26 Å². The summed E-state index contributed by atoms with van der Waals surface area (Å²) in [6.45, 7) is 1.23. The van der Waals surface area contributed by atoms with Crippen molar-refractivity contribution in [2.45, 2.75) is 19.1 Å². The molecule has 1 amide bonds. The van der Waals surface area contributed by atoms with Gasteiger partial charge in [0.2, 0.25) is 0 Å². The molecule has 0 saturated carbocycles. The van der Waals surface area contributed by atoms with Crippen LogP contribution in [0, 0.1) is 11.3 Å². The molecule has 0 unspecified atom stereocenters. The summed E-state index contributed by atoms with van der Waals surface area (Å²) < 4.78 is 39.4. The van der Waals surface area contributed by atoms with Crippen LogP contribution < -0.4 is 4.90 Å². The number of halogens is 3. The number of hydrogen-bond acceptors (Lipinski definition) is 4. The molecule has 1 aliphatic rings. The minimum atomic E-state index is -4.50. The van der Waals surface area contributed by atoms with Gasteiger partial charge in [-0.3, -0.25) is 9.69 Å². The molecule has 0 saturated heterocycles. The number of rotatable bonds is 6. The quantitative estimate of drug-likeness (QED) is 0.462. The van der Waals surface area contributed by atoms with Gasteiger partial charge in [-0.05, 0) is 49.0 Å². The molecule has 0 N–H and O–H groups in total. The van der Waals surface area contributed by atoms with Crippen LogP contribution in [0.5, 0.6) is 0 Å². The molecule has 0 bridgehead atoms. The van der Waals surface area contributed by atoms with E-state index in [0.717, 1.165) is 17.7 Å². The van der Waals surface area contributed by atoms with Crippen molar-refractivity contribution in [2.75, 3.05) is 18.5 Å². The Kier molecular flexibility index (Phi) is 6.48. The van der Waals surface area contributed by atoms with Gasteiger partial charge in [0.05, 0.1) is 23.0 Å². The molecular weight excluding hydrogens is 441 g/mol. The zero-order valence-corrected chi connectivity index (χ0v) is 18.4. The van der Waals surface area contributed by atoms with Crippen LogP contribution >= 0.6 is 0 Å². The van der Waals surface area contributed by atoms with Gasteiger partial charge < -0.3 is 4.90 Å². The third-order valence-electron chi connectivity index (χ3n) is 5.45. The molecule has 0 atom stereocenters. The molecule has 0 fully saturated rings. The maximum absolute atomic E-state index is 13.5. The average molecular weight is 462 g/mol. The average Bonchev–Trinajstić information content (AvgIpc) is 3.09. The third kappa shape index (κ3) is 4.85. The van der Waals surface area contributed by atoms with Crippen LogP contribution in [0.4, 0.5) is 30.2 Å². The maximum Gasteiger partial charge on any atom is 0.416 e. The molecule has 0 aliphatic carbocycles. The molecule has 1 aliphatic heterocycles. The van der Waals surface area contributed by atoms with Gasteiger partial charge in [-0.15, -0.1) is 0 Å².